The number of ether oxygens (including phenoxy) is 1. The van der Waals surface area contributed by atoms with Crippen molar-refractivity contribution in [2.45, 2.75) is 26.1 Å². The van der Waals surface area contributed by atoms with Crippen LogP contribution in [0.1, 0.15) is 19.5 Å². The number of hydrogen-bond acceptors (Lipinski definition) is 4. The summed E-state index contributed by atoms with van der Waals surface area (Å²) in [4.78, 5) is 4.11. The molecule has 0 atom stereocenters. The van der Waals surface area contributed by atoms with Gasteiger partial charge in [-0.2, -0.15) is 0 Å². The van der Waals surface area contributed by atoms with Gasteiger partial charge >= 0.3 is 0 Å². The van der Waals surface area contributed by atoms with Crippen molar-refractivity contribution in [2.24, 2.45) is 0 Å². The van der Waals surface area contributed by atoms with E-state index in [2.05, 4.69) is 4.98 Å². The molecule has 78 valence electrons. The molecule has 0 aromatic carbocycles. The van der Waals surface area contributed by atoms with E-state index >= 15 is 0 Å². The van der Waals surface area contributed by atoms with Crippen LogP contribution in [0, 0.1) is 0 Å². The molecular weight excluding hydrogens is 180 g/mol. The number of nitrogens with zero attached hydrogens (tertiary/aromatic N) is 1. The Labute approximate surface area is 83.7 Å². The molecule has 1 heterocycles. The minimum absolute atomic E-state index is 0.445. The zero-order chi connectivity index (χ0) is 10.6. The van der Waals surface area contributed by atoms with Crippen LogP contribution in [0.4, 0.5) is 5.69 Å². The lowest BCUT2D eigenvalue weighted by atomic mass is 10.2. The summed E-state index contributed by atoms with van der Waals surface area (Å²) >= 11 is 0. The zero-order valence-electron chi connectivity index (χ0n) is 8.53. The van der Waals surface area contributed by atoms with E-state index in [1.54, 1.807) is 26.1 Å². The Bertz CT molecular complexity index is 277. The summed E-state index contributed by atoms with van der Waals surface area (Å²) in [7, 11) is 0. The van der Waals surface area contributed by atoms with E-state index < -0.39 is 5.79 Å². The third-order valence-corrected chi connectivity index (χ3v) is 1.66. The number of anilines is 1. The van der Waals surface area contributed by atoms with Gasteiger partial charge in [0, 0.05) is 12.1 Å². The van der Waals surface area contributed by atoms with E-state index in [-0.39, 0.29) is 0 Å². The minimum atomic E-state index is -1.08. The molecule has 1 aromatic rings. The Morgan fingerprint density at radius 3 is 2.71 bits per heavy atom. The Morgan fingerprint density at radius 1 is 1.50 bits per heavy atom. The highest BCUT2D eigenvalue weighted by molar-refractivity contribution is 5.34. The van der Waals surface area contributed by atoms with Gasteiger partial charge in [0.05, 0.1) is 18.5 Å². The fourth-order valence-electron chi connectivity index (χ4n) is 0.989. The van der Waals surface area contributed by atoms with E-state index in [9.17, 15) is 5.11 Å². The second-order valence-corrected chi connectivity index (χ2v) is 3.63. The molecule has 14 heavy (non-hydrogen) atoms. The van der Waals surface area contributed by atoms with E-state index in [0.29, 0.717) is 18.7 Å². The first-order valence-electron chi connectivity index (χ1n) is 4.54. The van der Waals surface area contributed by atoms with Crippen LogP contribution in [0.15, 0.2) is 18.3 Å². The lowest BCUT2D eigenvalue weighted by molar-refractivity contribution is -0.175. The minimum Gasteiger partial charge on any atom is -0.397 e. The third kappa shape index (κ3) is 4.20. The summed E-state index contributed by atoms with van der Waals surface area (Å²) in [5.74, 6) is -1.08. The highest BCUT2D eigenvalue weighted by Gasteiger charge is 2.11. The molecule has 0 radical (unpaired) electrons. The largest absolute Gasteiger partial charge is 0.397 e. The van der Waals surface area contributed by atoms with E-state index in [4.69, 9.17) is 10.5 Å². The normalized spacial score (nSPS) is 11.6. The molecule has 0 unspecified atom stereocenters. The summed E-state index contributed by atoms with van der Waals surface area (Å²) in [5.41, 5.74) is 7.05. The second kappa shape index (κ2) is 4.39. The second-order valence-electron chi connectivity index (χ2n) is 3.63. The molecule has 0 saturated heterocycles. The van der Waals surface area contributed by atoms with Crippen LogP contribution in [-0.2, 0) is 11.2 Å². The van der Waals surface area contributed by atoms with Gasteiger partial charge in [-0.25, -0.2) is 0 Å². The van der Waals surface area contributed by atoms with Crippen molar-refractivity contribution in [2.75, 3.05) is 12.3 Å². The summed E-state index contributed by atoms with van der Waals surface area (Å²) in [6, 6.07) is 3.65. The number of nitrogen functional groups attached to an aromatic ring is 1. The van der Waals surface area contributed by atoms with Gasteiger partial charge in [0.1, 0.15) is 0 Å². The molecule has 0 fully saturated rings. The maximum atomic E-state index is 9.28. The van der Waals surface area contributed by atoms with E-state index in [0.717, 1.165) is 5.69 Å². The van der Waals surface area contributed by atoms with Crippen molar-refractivity contribution < 1.29 is 9.84 Å². The summed E-state index contributed by atoms with van der Waals surface area (Å²) in [6.45, 7) is 3.65. The summed E-state index contributed by atoms with van der Waals surface area (Å²) < 4.78 is 5.15. The van der Waals surface area contributed by atoms with Gasteiger partial charge in [0.25, 0.3) is 0 Å². The van der Waals surface area contributed by atoms with Gasteiger partial charge in [-0.05, 0) is 26.0 Å². The predicted molar refractivity (Wildman–Crippen MR) is 54.6 cm³/mol. The first kappa shape index (κ1) is 10.9. The maximum Gasteiger partial charge on any atom is 0.159 e. The highest BCUT2D eigenvalue weighted by Crippen LogP contribution is 2.06. The quantitative estimate of drug-likeness (QED) is 0.703. The molecule has 1 rings (SSSR count). The van der Waals surface area contributed by atoms with Gasteiger partial charge in [-0.1, -0.05) is 0 Å². The standard InChI is InChI=1S/C10H16N2O2/c1-10(2,13)14-6-5-9-4-3-8(11)7-12-9/h3-4,7,13H,5-6,11H2,1-2H3. The smallest absolute Gasteiger partial charge is 0.159 e. The maximum absolute atomic E-state index is 9.28. The molecule has 0 bridgehead atoms. The molecule has 0 amide bonds. The fourth-order valence-corrected chi connectivity index (χ4v) is 0.989. The van der Waals surface area contributed by atoms with Gasteiger partial charge in [0.15, 0.2) is 5.79 Å². The number of hydrogen-bond donors (Lipinski definition) is 2. The predicted octanol–water partition coefficient (Wildman–Crippen LogP) is 0.951. The molecule has 4 heteroatoms. The summed E-state index contributed by atoms with van der Waals surface area (Å²) in [5, 5.41) is 9.28. The van der Waals surface area contributed by atoms with Crippen molar-refractivity contribution in [3.05, 3.63) is 24.0 Å². The van der Waals surface area contributed by atoms with Crippen molar-refractivity contribution in [1.82, 2.24) is 4.98 Å². The number of aliphatic hydroxyl groups is 1. The number of nitrogens with two attached hydrogens (primary N) is 1. The van der Waals surface area contributed by atoms with Crippen LogP contribution in [0.5, 0.6) is 0 Å². The molecule has 0 aliphatic heterocycles. The monoisotopic (exact) mass is 196 g/mol. The first-order valence-corrected chi connectivity index (χ1v) is 4.54. The Hall–Kier alpha value is -1.13. The van der Waals surface area contributed by atoms with Crippen LogP contribution in [0.2, 0.25) is 0 Å². The zero-order valence-corrected chi connectivity index (χ0v) is 8.53. The molecule has 0 aliphatic carbocycles. The average molecular weight is 196 g/mol. The van der Waals surface area contributed by atoms with Crippen LogP contribution in [-0.4, -0.2) is 22.5 Å². The van der Waals surface area contributed by atoms with Crippen LogP contribution in [0.3, 0.4) is 0 Å². The van der Waals surface area contributed by atoms with Gasteiger partial charge in [0.2, 0.25) is 0 Å². The fraction of sp³-hybridized carbons (Fsp3) is 0.500. The Balaban J connectivity index is 2.35. The van der Waals surface area contributed by atoms with Crippen molar-refractivity contribution in [1.29, 1.82) is 0 Å². The average Bonchev–Trinajstić information content (AvgIpc) is 2.06. The van der Waals surface area contributed by atoms with Crippen molar-refractivity contribution in [3.8, 4) is 0 Å². The van der Waals surface area contributed by atoms with Crippen molar-refractivity contribution in [3.63, 3.8) is 0 Å². The number of aromatic nitrogens is 1. The van der Waals surface area contributed by atoms with Crippen LogP contribution in [0.25, 0.3) is 0 Å². The summed E-state index contributed by atoms with van der Waals surface area (Å²) in [6.07, 6.45) is 2.28. The van der Waals surface area contributed by atoms with Crippen LogP contribution >= 0.6 is 0 Å². The highest BCUT2D eigenvalue weighted by atomic mass is 16.6. The lowest BCUT2D eigenvalue weighted by Crippen LogP contribution is -2.24. The van der Waals surface area contributed by atoms with Gasteiger partial charge in [-0.3, -0.25) is 4.98 Å². The Kier molecular flexibility index (Phi) is 3.43. The molecule has 1 aromatic heterocycles. The van der Waals surface area contributed by atoms with Gasteiger partial charge in [-0.15, -0.1) is 0 Å². The molecule has 3 N–H and O–H groups in total. The lowest BCUT2D eigenvalue weighted by Gasteiger charge is -2.17. The molecule has 0 aliphatic rings. The third-order valence-electron chi connectivity index (χ3n) is 1.66. The van der Waals surface area contributed by atoms with Crippen molar-refractivity contribution >= 4 is 5.69 Å². The topological polar surface area (TPSA) is 68.4 Å². The molecule has 4 nitrogen and oxygen atoms in total. The van der Waals surface area contributed by atoms with E-state index in [1.807, 2.05) is 6.07 Å². The van der Waals surface area contributed by atoms with Gasteiger partial charge < -0.3 is 15.6 Å². The molecule has 0 saturated carbocycles. The first-order chi connectivity index (χ1) is 6.47. The van der Waals surface area contributed by atoms with Crippen LogP contribution < -0.4 is 5.73 Å². The Morgan fingerprint density at radius 2 is 2.21 bits per heavy atom. The van der Waals surface area contributed by atoms with E-state index in [1.165, 1.54) is 0 Å². The number of rotatable bonds is 4. The number of pyridine rings is 1. The molecule has 0 spiro atoms. The SMILES string of the molecule is CC(C)(O)OCCc1ccc(N)cn1. The molecular formula is C10H16N2O2.